The molecule has 2 aliphatic carbocycles. The number of ether oxygens (including phenoxy) is 2. The Bertz CT molecular complexity index is 1700. The van der Waals surface area contributed by atoms with Crippen molar-refractivity contribution >= 4 is 23.2 Å². The molecule has 6 heteroatoms. The van der Waals surface area contributed by atoms with Crippen molar-refractivity contribution < 1.29 is 19.1 Å². The first-order valence-electron chi connectivity index (χ1n) is 16.3. The molecule has 240 valence electrons. The lowest BCUT2D eigenvalue weighted by Gasteiger charge is -2.49. The van der Waals surface area contributed by atoms with E-state index in [2.05, 4.69) is 63.8 Å². The molecule has 1 heterocycles. The zero-order valence-corrected chi connectivity index (χ0v) is 28.6. The van der Waals surface area contributed by atoms with Gasteiger partial charge in [0.1, 0.15) is 6.61 Å². The van der Waals surface area contributed by atoms with Crippen LogP contribution >= 0.6 is 11.6 Å². The highest BCUT2D eigenvalue weighted by Gasteiger charge is 2.49. The van der Waals surface area contributed by atoms with Gasteiger partial charge in [-0.25, -0.2) is 0 Å². The van der Waals surface area contributed by atoms with Crippen LogP contribution < -0.4 is 9.47 Å². The summed E-state index contributed by atoms with van der Waals surface area (Å²) in [6, 6.07) is 22.3. The van der Waals surface area contributed by atoms with Gasteiger partial charge in [-0.05, 0) is 66.3 Å². The number of hydrogen-bond donors (Lipinski definition) is 0. The predicted octanol–water partition coefficient (Wildman–Crippen LogP) is 9.51. The van der Waals surface area contributed by atoms with Crippen LogP contribution in [0.3, 0.4) is 0 Å². The molecule has 0 radical (unpaired) electrons. The lowest BCUT2D eigenvalue weighted by atomic mass is 9.63. The second-order valence-electron chi connectivity index (χ2n) is 14.6. The van der Waals surface area contributed by atoms with E-state index in [0.29, 0.717) is 60.3 Å². The van der Waals surface area contributed by atoms with Gasteiger partial charge in [0.15, 0.2) is 23.1 Å². The van der Waals surface area contributed by atoms with Crippen LogP contribution in [0, 0.1) is 17.8 Å². The molecular weight excluding hydrogens is 594 g/mol. The molecule has 3 aliphatic rings. The van der Waals surface area contributed by atoms with Crippen molar-refractivity contribution in [1.29, 1.82) is 0 Å². The molecule has 46 heavy (non-hydrogen) atoms. The van der Waals surface area contributed by atoms with Gasteiger partial charge in [0.05, 0.1) is 11.6 Å². The van der Waals surface area contributed by atoms with Crippen LogP contribution in [0.5, 0.6) is 11.5 Å². The minimum absolute atomic E-state index is 0.0901. The fourth-order valence-electron chi connectivity index (χ4n) is 7.45. The maximum atomic E-state index is 14.3. The number of carbonyl (C=O) groups is 2. The number of ketones is 2. The van der Waals surface area contributed by atoms with Crippen molar-refractivity contribution in [3.63, 3.8) is 0 Å². The number of hydrogen-bond acceptors (Lipinski definition) is 5. The zero-order chi connectivity index (χ0) is 32.8. The van der Waals surface area contributed by atoms with Gasteiger partial charge in [-0.1, -0.05) is 99.5 Å². The van der Waals surface area contributed by atoms with Gasteiger partial charge in [0, 0.05) is 47.8 Å². The van der Waals surface area contributed by atoms with Crippen LogP contribution in [-0.4, -0.2) is 23.1 Å². The minimum Gasteiger partial charge on any atom is -0.490 e. The van der Waals surface area contributed by atoms with Crippen LogP contribution in [-0.2, 0) is 22.7 Å². The minimum atomic E-state index is -0.522. The monoisotopic (exact) mass is 637 g/mol. The number of benzene rings is 3. The van der Waals surface area contributed by atoms with Crippen molar-refractivity contribution in [1.82, 2.24) is 4.90 Å². The van der Waals surface area contributed by atoms with Crippen molar-refractivity contribution in [2.24, 2.45) is 10.8 Å². The quantitative estimate of drug-likeness (QED) is 0.246. The number of Topliss-reactive ketones (excluding diaryl/α,β-unsaturated/α-hetero) is 2. The third-order valence-corrected chi connectivity index (χ3v) is 9.62. The first-order chi connectivity index (χ1) is 21.9. The highest BCUT2D eigenvalue weighted by molar-refractivity contribution is 6.32. The summed E-state index contributed by atoms with van der Waals surface area (Å²) in [6.45, 7) is 14.0. The normalized spacial score (nSPS) is 19.2. The van der Waals surface area contributed by atoms with Crippen LogP contribution in [0.1, 0.15) is 88.5 Å². The molecule has 3 aromatic carbocycles. The Morgan fingerprint density at radius 1 is 0.783 bits per heavy atom. The molecule has 0 bridgehead atoms. The fraction of sp³-hybridized carbons (Fsp3) is 0.400. The molecule has 1 aliphatic heterocycles. The van der Waals surface area contributed by atoms with Gasteiger partial charge in [-0.3, -0.25) is 9.59 Å². The summed E-state index contributed by atoms with van der Waals surface area (Å²) in [5, 5.41) is 0.400. The molecule has 0 fully saturated rings. The van der Waals surface area contributed by atoms with E-state index >= 15 is 0 Å². The summed E-state index contributed by atoms with van der Waals surface area (Å²) in [6.07, 6.45) is 2.33. The van der Waals surface area contributed by atoms with Gasteiger partial charge in [0.2, 0.25) is 0 Å². The lowest BCUT2D eigenvalue weighted by Crippen LogP contribution is -2.44. The molecule has 0 unspecified atom stereocenters. The van der Waals surface area contributed by atoms with E-state index in [-0.39, 0.29) is 22.4 Å². The second-order valence-corrected chi connectivity index (χ2v) is 15.1. The molecule has 0 N–H and O–H groups in total. The number of halogens is 1. The number of allylic oxidation sites excluding steroid dienone is 4. The van der Waals surface area contributed by atoms with E-state index in [4.69, 9.17) is 21.1 Å². The van der Waals surface area contributed by atoms with Crippen molar-refractivity contribution in [2.75, 3.05) is 6.61 Å². The number of aryl methyl sites for hydroxylation is 1. The summed E-state index contributed by atoms with van der Waals surface area (Å²) >= 11 is 7.02. The maximum Gasteiger partial charge on any atom is 0.180 e. The maximum absolute atomic E-state index is 14.3. The molecule has 0 saturated carbocycles. The molecular formula is C40H44ClNO4. The van der Waals surface area contributed by atoms with E-state index < -0.39 is 5.92 Å². The highest BCUT2D eigenvalue weighted by Crippen LogP contribution is 2.56. The number of rotatable bonds is 8. The first kappa shape index (κ1) is 32.1. The van der Waals surface area contributed by atoms with Gasteiger partial charge in [0.25, 0.3) is 0 Å². The second kappa shape index (κ2) is 12.4. The van der Waals surface area contributed by atoms with Gasteiger partial charge in [-0.15, -0.1) is 0 Å². The summed E-state index contributed by atoms with van der Waals surface area (Å²) in [5.74, 6) is 0.637. The smallest absolute Gasteiger partial charge is 0.180 e. The van der Waals surface area contributed by atoms with E-state index in [9.17, 15) is 9.59 Å². The Hall–Kier alpha value is -3.83. The van der Waals surface area contributed by atoms with E-state index in [0.717, 1.165) is 46.5 Å². The summed E-state index contributed by atoms with van der Waals surface area (Å²) < 4.78 is 12.4. The summed E-state index contributed by atoms with van der Waals surface area (Å²) in [5.41, 5.74) is 7.18. The molecule has 3 aromatic rings. The number of nitrogens with zero attached hydrogens (tertiary/aromatic N) is 1. The van der Waals surface area contributed by atoms with Crippen LogP contribution in [0.15, 0.2) is 89.3 Å². The van der Waals surface area contributed by atoms with E-state index in [1.54, 1.807) is 0 Å². The van der Waals surface area contributed by atoms with Gasteiger partial charge in [-0.2, -0.15) is 0 Å². The molecule has 6 rings (SSSR count). The number of carbonyl (C=O) groups excluding carboxylic acids is 2. The van der Waals surface area contributed by atoms with Crippen molar-refractivity contribution in [2.45, 2.75) is 86.3 Å². The molecule has 5 nitrogen and oxygen atoms in total. The SMILES string of the molecule is CCOc1cc(C2C3=C(CC(C)(C)CC3=O)N(Cc3ccccc3)C3=C2C(=O)CC(C)(C)C3)cc(Cl)c1OCc1cccc(C)c1. The Morgan fingerprint density at radius 2 is 1.39 bits per heavy atom. The Balaban J connectivity index is 1.51. The predicted molar refractivity (Wildman–Crippen MR) is 183 cm³/mol. The van der Waals surface area contributed by atoms with E-state index in [1.165, 1.54) is 0 Å². The van der Waals surface area contributed by atoms with Crippen LogP contribution in [0.2, 0.25) is 5.02 Å². The average molecular weight is 638 g/mol. The van der Waals surface area contributed by atoms with Crippen molar-refractivity contribution in [3.05, 3.63) is 117 Å². The Labute approximate surface area is 278 Å². The Morgan fingerprint density at radius 3 is 1.98 bits per heavy atom. The summed E-state index contributed by atoms with van der Waals surface area (Å²) in [7, 11) is 0. The van der Waals surface area contributed by atoms with Crippen LogP contribution in [0.4, 0.5) is 0 Å². The standard InChI is InChI=1S/C40H44ClNO4/c1-7-45-34-18-28(17-29(41)38(34)46-24-27-15-11-12-25(2)16-27)35-36-30(19-39(3,4)21-32(36)43)42(23-26-13-9-8-10-14-26)31-20-40(5,6)22-33(44)37(31)35/h8-18,35H,7,19-24H2,1-6H3. The van der Waals surface area contributed by atoms with Gasteiger partial charge < -0.3 is 14.4 Å². The molecule has 0 spiro atoms. The first-order valence-corrected chi connectivity index (χ1v) is 16.7. The zero-order valence-electron chi connectivity index (χ0n) is 27.8. The molecule has 0 aromatic heterocycles. The third-order valence-electron chi connectivity index (χ3n) is 9.34. The van der Waals surface area contributed by atoms with Crippen LogP contribution in [0.25, 0.3) is 0 Å². The summed E-state index contributed by atoms with van der Waals surface area (Å²) in [4.78, 5) is 30.9. The van der Waals surface area contributed by atoms with Gasteiger partial charge >= 0.3 is 0 Å². The highest BCUT2D eigenvalue weighted by atomic mass is 35.5. The molecule has 0 amide bonds. The molecule has 0 saturated heterocycles. The lowest BCUT2D eigenvalue weighted by molar-refractivity contribution is -0.119. The largest absolute Gasteiger partial charge is 0.490 e. The topological polar surface area (TPSA) is 55.8 Å². The molecule has 0 atom stereocenters. The van der Waals surface area contributed by atoms with Crippen molar-refractivity contribution in [3.8, 4) is 11.5 Å². The Kier molecular flexibility index (Phi) is 8.67. The van der Waals surface area contributed by atoms with E-state index in [1.807, 2.05) is 49.4 Å². The fourth-order valence-corrected chi connectivity index (χ4v) is 7.73. The third kappa shape index (κ3) is 6.40. The average Bonchev–Trinajstić information content (AvgIpc) is 2.97.